The Morgan fingerprint density at radius 2 is 2.13 bits per heavy atom. The zero-order chi connectivity index (χ0) is 15.9. The standard InChI is InChI=1S/C18H21N3O2/c22-18(20-13-14-6-4-10-19-12-14)21-17(16-9-5-11-23-16)15-7-2-1-3-8-15/h1-4,6-8,10,12,16-17H,5,9,11,13H2,(H2,20,21,22). The number of nitrogens with zero attached hydrogens (tertiary/aromatic N) is 1. The normalized spacial score (nSPS) is 18.3. The molecule has 0 bridgehead atoms. The first-order valence-corrected chi connectivity index (χ1v) is 7.93. The molecule has 1 aromatic heterocycles. The third-order valence-corrected chi connectivity index (χ3v) is 3.96. The Kier molecular flexibility index (Phi) is 5.21. The molecule has 0 radical (unpaired) electrons. The lowest BCUT2D eigenvalue weighted by Gasteiger charge is -2.25. The third kappa shape index (κ3) is 4.29. The van der Waals surface area contributed by atoms with Gasteiger partial charge in [-0.1, -0.05) is 36.4 Å². The average Bonchev–Trinajstić information content (AvgIpc) is 3.14. The quantitative estimate of drug-likeness (QED) is 0.892. The Morgan fingerprint density at radius 3 is 2.83 bits per heavy atom. The number of benzene rings is 1. The Labute approximate surface area is 136 Å². The molecule has 1 aliphatic heterocycles. The van der Waals surface area contributed by atoms with Crippen LogP contribution in [0.25, 0.3) is 0 Å². The molecular formula is C18H21N3O2. The fraction of sp³-hybridized carbons (Fsp3) is 0.333. The van der Waals surface area contributed by atoms with E-state index in [2.05, 4.69) is 15.6 Å². The summed E-state index contributed by atoms with van der Waals surface area (Å²) in [7, 11) is 0. The van der Waals surface area contributed by atoms with Gasteiger partial charge in [-0.25, -0.2) is 4.79 Å². The molecule has 2 amide bonds. The van der Waals surface area contributed by atoms with Crippen LogP contribution in [0.15, 0.2) is 54.9 Å². The zero-order valence-corrected chi connectivity index (χ0v) is 12.9. The van der Waals surface area contributed by atoms with E-state index in [9.17, 15) is 4.79 Å². The number of pyridine rings is 1. The second kappa shape index (κ2) is 7.74. The van der Waals surface area contributed by atoms with Gasteiger partial charge in [-0.2, -0.15) is 0 Å². The highest BCUT2D eigenvalue weighted by atomic mass is 16.5. The molecule has 2 unspecified atom stereocenters. The van der Waals surface area contributed by atoms with Crippen LogP contribution in [0.2, 0.25) is 0 Å². The minimum Gasteiger partial charge on any atom is -0.376 e. The lowest BCUT2D eigenvalue weighted by atomic mass is 9.99. The highest BCUT2D eigenvalue weighted by Crippen LogP contribution is 2.26. The van der Waals surface area contributed by atoms with Crippen LogP contribution in [0.3, 0.4) is 0 Å². The van der Waals surface area contributed by atoms with E-state index in [1.807, 2.05) is 42.5 Å². The van der Waals surface area contributed by atoms with Crippen molar-refractivity contribution in [2.45, 2.75) is 31.5 Å². The molecule has 0 aliphatic carbocycles. The number of amides is 2. The molecule has 5 nitrogen and oxygen atoms in total. The van der Waals surface area contributed by atoms with E-state index in [1.165, 1.54) is 0 Å². The van der Waals surface area contributed by atoms with Gasteiger partial charge < -0.3 is 15.4 Å². The van der Waals surface area contributed by atoms with E-state index < -0.39 is 0 Å². The number of aromatic nitrogens is 1. The third-order valence-electron chi connectivity index (χ3n) is 3.96. The van der Waals surface area contributed by atoms with Crippen molar-refractivity contribution in [2.24, 2.45) is 0 Å². The smallest absolute Gasteiger partial charge is 0.315 e. The number of hydrogen-bond acceptors (Lipinski definition) is 3. The fourth-order valence-corrected chi connectivity index (χ4v) is 2.79. The van der Waals surface area contributed by atoms with Crippen molar-refractivity contribution in [3.05, 3.63) is 66.0 Å². The molecule has 0 saturated carbocycles. The van der Waals surface area contributed by atoms with Gasteiger partial charge in [0.15, 0.2) is 0 Å². The van der Waals surface area contributed by atoms with Crippen LogP contribution in [-0.2, 0) is 11.3 Å². The monoisotopic (exact) mass is 311 g/mol. The largest absolute Gasteiger partial charge is 0.376 e. The number of rotatable bonds is 5. The maximum absolute atomic E-state index is 12.3. The predicted octanol–water partition coefficient (Wildman–Crippen LogP) is 2.80. The average molecular weight is 311 g/mol. The number of hydrogen-bond donors (Lipinski definition) is 2. The lowest BCUT2D eigenvalue weighted by molar-refractivity contribution is 0.0807. The number of ether oxygens (including phenoxy) is 1. The van der Waals surface area contributed by atoms with Crippen LogP contribution in [0.4, 0.5) is 4.79 Å². The van der Waals surface area contributed by atoms with Crippen molar-refractivity contribution in [1.29, 1.82) is 0 Å². The van der Waals surface area contributed by atoms with Crippen molar-refractivity contribution in [3.8, 4) is 0 Å². The van der Waals surface area contributed by atoms with E-state index in [0.717, 1.165) is 30.6 Å². The summed E-state index contributed by atoms with van der Waals surface area (Å²) in [6.45, 7) is 1.21. The van der Waals surface area contributed by atoms with Crippen LogP contribution in [0, 0.1) is 0 Å². The van der Waals surface area contributed by atoms with Crippen LogP contribution in [-0.4, -0.2) is 23.7 Å². The summed E-state index contributed by atoms with van der Waals surface area (Å²) < 4.78 is 5.78. The minimum absolute atomic E-state index is 0.0292. The molecule has 1 fully saturated rings. The van der Waals surface area contributed by atoms with Crippen LogP contribution in [0.5, 0.6) is 0 Å². The van der Waals surface area contributed by atoms with E-state index in [-0.39, 0.29) is 18.2 Å². The van der Waals surface area contributed by atoms with Gasteiger partial charge in [-0.15, -0.1) is 0 Å². The van der Waals surface area contributed by atoms with Gasteiger partial charge >= 0.3 is 6.03 Å². The van der Waals surface area contributed by atoms with E-state index in [1.54, 1.807) is 12.4 Å². The lowest BCUT2D eigenvalue weighted by Crippen LogP contribution is -2.42. The highest BCUT2D eigenvalue weighted by molar-refractivity contribution is 5.74. The van der Waals surface area contributed by atoms with E-state index >= 15 is 0 Å². The second-order valence-corrected chi connectivity index (χ2v) is 5.63. The highest BCUT2D eigenvalue weighted by Gasteiger charge is 2.28. The summed E-state index contributed by atoms with van der Waals surface area (Å²) in [5, 5.41) is 5.93. The molecule has 1 aromatic carbocycles. The van der Waals surface area contributed by atoms with Crippen LogP contribution < -0.4 is 10.6 Å². The number of carbonyl (C=O) groups excluding carboxylic acids is 1. The second-order valence-electron chi connectivity index (χ2n) is 5.63. The van der Waals surface area contributed by atoms with Gasteiger partial charge in [0, 0.05) is 25.5 Å². The SMILES string of the molecule is O=C(NCc1cccnc1)NC(c1ccccc1)C1CCCO1. The first-order valence-electron chi connectivity index (χ1n) is 7.93. The molecule has 120 valence electrons. The van der Waals surface area contributed by atoms with Gasteiger partial charge in [-0.3, -0.25) is 4.98 Å². The molecule has 23 heavy (non-hydrogen) atoms. The molecule has 3 rings (SSSR count). The van der Waals surface area contributed by atoms with Gasteiger partial charge in [0.05, 0.1) is 12.1 Å². The van der Waals surface area contributed by atoms with Crippen molar-refractivity contribution in [3.63, 3.8) is 0 Å². The van der Waals surface area contributed by atoms with Crippen molar-refractivity contribution >= 4 is 6.03 Å². The Bertz CT molecular complexity index is 613. The molecule has 2 heterocycles. The Balaban J connectivity index is 1.62. The van der Waals surface area contributed by atoms with E-state index in [4.69, 9.17) is 4.74 Å². The summed E-state index contributed by atoms with van der Waals surface area (Å²) in [6.07, 6.45) is 5.48. The van der Waals surface area contributed by atoms with Gasteiger partial charge in [0.1, 0.15) is 0 Å². The molecule has 1 saturated heterocycles. The van der Waals surface area contributed by atoms with Crippen molar-refractivity contribution in [2.75, 3.05) is 6.61 Å². The first-order chi connectivity index (χ1) is 11.3. The van der Waals surface area contributed by atoms with Gasteiger partial charge in [0.25, 0.3) is 0 Å². The van der Waals surface area contributed by atoms with Crippen LogP contribution in [0.1, 0.15) is 30.0 Å². The zero-order valence-electron chi connectivity index (χ0n) is 12.9. The summed E-state index contributed by atoms with van der Waals surface area (Å²) in [4.78, 5) is 16.3. The van der Waals surface area contributed by atoms with Crippen LogP contribution >= 0.6 is 0 Å². The Hall–Kier alpha value is -2.40. The summed E-state index contributed by atoms with van der Waals surface area (Å²) in [6, 6.07) is 13.4. The molecular weight excluding hydrogens is 290 g/mol. The first kappa shape index (κ1) is 15.5. The summed E-state index contributed by atoms with van der Waals surface area (Å²) in [5.41, 5.74) is 2.03. The molecule has 5 heteroatoms. The van der Waals surface area contributed by atoms with Crippen molar-refractivity contribution < 1.29 is 9.53 Å². The maximum Gasteiger partial charge on any atom is 0.315 e. The van der Waals surface area contributed by atoms with Crippen molar-refractivity contribution in [1.82, 2.24) is 15.6 Å². The number of urea groups is 1. The molecule has 2 aromatic rings. The van der Waals surface area contributed by atoms with Gasteiger partial charge in [0.2, 0.25) is 0 Å². The fourth-order valence-electron chi connectivity index (χ4n) is 2.79. The summed E-state index contributed by atoms with van der Waals surface area (Å²) in [5.74, 6) is 0. The van der Waals surface area contributed by atoms with E-state index in [0.29, 0.717) is 6.54 Å². The number of carbonyl (C=O) groups is 1. The van der Waals surface area contributed by atoms with Gasteiger partial charge in [-0.05, 0) is 30.0 Å². The topological polar surface area (TPSA) is 63.2 Å². The number of nitrogens with one attached hydrogen (secondary N) is 2. The molecule has 0 spiro atoms. The minimum atomic E-state index is -0.196. The molecule has 1 aliphatic rings. The predicted molar refractivity (Wildman–Crippen MR) is 87.8 cm³/mol. The maximum atomic E-state index is 12.3. The Morgan fingerprint density at radius 1 is 1.26 bits per heavy atom. The molecule has 2 atom stereocenters. The summed E-state index contributed by atoms with van der Waals surface area (Å²) >= 11 is 0. The molecule has 2 N–H and O–H groups in total.